The van der Waals surface area contributed by atoms with Crippen molar-refractivity contribution < 1.29 is 39.1 Å². The summed E-state index contributed by atoms with van der Waals surface area (Å²) in [6.45, 7) is 0.0277. The Labute approximate surface area is 284 Å². The summed E-state index contributed by atoms with van der Waals surface area (Å²) in [5.74, 6) is 2.66. The first kappa shape index (κ1) is 34.5. The van der Waals surface area contributed by atoms with Crippen molar-refractivity contribution in [2.45, 2.75) is 69.8 Å². The zero-order valence-electron chi connectivity index (χ0n) is 26.5. The number of benzene rings is 2. The summed E-state index contributed by atoms with van der Waals surface area (Å²) in [7, 11) is 3.11. The number of hydrogen-bond acceptors (Lipinski definition) is 8. The molecule has 2 fully saturated rings. The van der Waals surface area contributed by atoms with Crippen molar-refractivity contribution in [2.75, 3.05) is 33.9 Å². The largest absolute Gasteiger partial charge is 0.497 e. The molecule has 0 aliphatic heterocycles. The van der Waals surface area contributed by atoms with Crippen LogP contribution >= 0.6 is 22.6 Å². The molecule has 5 rings (SSSR count). The molecule has 3 aliphatic rings. The monoisotopic (exact) mass is 748 g/mol. The second kappa shape index (κ2) is 15.8. The minimum atomic E-state index is -1.15. The minimum absolute atomic E-state index is 0.0280. The van der Waals surface area contributed by atoms with E-state index in [1.807, 2.05) is 24.3 Å². The second-order valence-corrected chi connectivity index (χ2v) is 13.8. The van der Waals surface area contributed by atoms with Crippen molar-refractivity contribution in [3.05, 3.63) is 62.7 Å². The third-order valence-corrected chi connectivity index (χ3v) is 10.6. The summed E-state index contributed by atoms with van der Waals surface area (Å²) in [6, 6.07) is 10.4. The van der Waals surface area contributed by atoms with E-state index in [-0.39, 0.29) is 38.0 Å². The Hall–Kier alpha value is -2.87. The topological polar surface area (TPSA) is 138 Å². The van der Waals surface area contributed by atoms with Gasteiger partial charge < -0.3 is 39.7 Å². The van der Waals surface area contributed by atoms with Gasteiger partial charge in [-0.25, -0.2) is 0 Å². The molecule has 3 aliphatic carbocycles. The maximum atomic E-state index is 14.3. The van der Waals surface area contributed by atoms with Crippen molar-refractivity contribution >= 4 is 34.4 Å². The fourth-order valence-electron chi connectivity index (χ4n) is 7.42. The summed E-state index contributed by atoms with van der Waals surface area (Å²) in [6.07, 6.45) is 5.23. The number of aliphatic hydroxyl groups excluding tert-OH is 3. The maximum absolute atomic E-state index is 14.3. The van der Waals surface area contributed by atoms with E-state index >= 15 is 0 Å². The van der Waals surface area contributed by atoms with Crippen LogP contribution in [0.15, 0.2) is 48.0 Å². The summed E-state index contributed by atoms with van der Waals surface area (Å²) >= 11 is 2.09. The molecule has 2 aromatic rings. The highest BCUT2D eigenvalue weighted by Gasteiger charge is 2.44. The zero-order chi connectivity index (χ0) is 32.8. The fourth-order valence-corrected chi connectivity index (χ4v) is 8.21. The van der Waals surface area contributed by atoms with Gasteiger partial charge in [0, 0.05) is 31.5 Å². The Balaban J connectivity index is 1.46. The summed E-state index contributed by atoms with van der Waals surface area (Å²) in [5, 5.41) is 33.7. The van der Waals surface area contributed by atoms with Gasteiger partial charge in [0.25, 0.3) is 0 Å². The van der Waals surface area contributed by atoms with Gasteiger partial charge in [0.05, 0.1) is 37.0 Å². The molecule has 6 unspecified atom stereocenters. The van der Waals surface area contributed by atoms with E-state index in [1.54, 1.807) is 30.2 Å². The number of fused-ring (bicyclic) bond motifs is 2. The Morgan fingerprint density at radius 1 is 1.07 bits per heavy atom. The van der Waals surface area contributed by atoms with Crippen LogP contribution in [-0.4, -0.2) is 84.2 Å². The van der Waals surface area contributed by atoms with Crippen LogP contribution in [0.4, 0.5) is 0 Å². The van der Waals surface area contributed by atoms with E-state index in [1.165, 1.54) is 26.4 Å². The van der Waals surface area contributed by atoms with Crippen LogP contribution in [0.2, 0.25) is 0 Å². The van der Waals surface area contributed by atoms with Gasteiger partial charge in [-0.15, -0.1) is 0 Å². The van der Waals surface area contributed by atoms with Gasteiger partial charge in [-0.05, 0) is 107 Å². The highest BCUT2D eigenvalue weighted by atomic mass is 127. The van der Waals surface area contributed by atoms with Gasteiger partial charge in [-0.1, -0.05) is 18.6 Å². The van der Waals surface area contributed by atoms with Crippen LogP contribution < -0.4 is 19.5 Å². The number of nitrogens with one attached hydrogen (secondary N) is 1. The lowest BCUT2D eigenvalue weighted by atomic mass is 9.84. The molecule has 46 heavy (non-hydrogen) atoms. The molecule has 0 aromatic heterocycles. The van der Waals surface area contributed by atoms with Crippen LogP contribution in [0.5, 0.6) is 17.2 Å². The van der Waals surface area contributed by atoms with Gasteiger partial charge in [0.15, 0.2) is 11.5 Å². The number of ether oxygens (including phenoxy) is 3. The number of rotatable bonds is 14. The molecule has 2 aromatic carbocycles. The molecule has 2 saturated carbocycles. The lowest BCUT2D eigenvalue weighted by Gasteiger charge is -2.41. The molecule has 0 spiro atoms. The van der Waals surface area contributed by atoms with E-state index in [2.05, 4.69) is 27.9 Å². The van der Waals surface area contributed by atoms with E-state index in [0.717, 1.165) is 17.7 Å². The molecule has 2 amide bonds. The van der Waals surface area contributed by atoms with Gasteiger partial charge in [-0.3, -0.25) is 9.59 Å². The molecule has 0 radical (unpaired) electrons. The summed E-state index contributed by atoms with van der Waals surface area (Å²) in [5.41, 5.74) is 2.01. The third-order valence-electron chi connectivity index (χ3n) is 9.76. The number of halogens is 1. The van der Waals surface area contributed by atoms with Crippen LogP contribution in [0.3, 0.4) is 0 Å². The van der Waals surface area contributed by atoms with Crippen LogP contribution in [-0.2, 0) is 22.6 Å². The molecule has 2 bridgehead atoms. The summed E-state index contributed by atoms with van der Waals surface area (Å²) < 4.78 is 18.1. The highest BCUT2D eigenvalue weighted by Crippen LogP contribution is 2.50. The average Bonchev–Trinajstić information content (AvgIpc) is 3.69. The molecule has 0 saturated heterocycles. The predicted molar refractivity (Wildman–Crippen MR) is 181 cm³/mol. The van der Waals surface area contributed by atoms with Crippen LogP contribution in [0, 0.1) is 21.3 Å². The number of amides is 2. The molecule has 10 nitrogen and oxygen atoms in total. The van der Waals surface area contributed by atoms with E-state index in [4.69, 9.17) is 14.2 Å². The number of methoxy groups -OCH3 is 2. The normalized spacial score (nSPS) is 25.1. The van der Waals surface area contributed by atoms with Crippen LogP contribution in [0.25, 0.3) is 0 Å². The molecule has 6 atom stereocenters. The number of carbonyl (C=O) groups excluding carboxylic acids is 2. The van der Waals surface area contributed by atoms with Crippen molar-refractivity contribution in [1.29, 1.82) is 0 Å². The predicted octanol–water partition coefficient (Wildman–Crippen LogP) is 3.61. The Bertz CT molecular complexity index is 1420. The standard InChI is InChI=1S/C35H45IN2O8/c1-44-27-5-3-4-21(14-27)8-10-38(32(41)19-25-13-22-6-7-24(25)12-22)29-17-26(35(43)37-9-11-39)18-30(33(29)42)46-34-28(36)15-23(20-40)16-31(34)45-2/h3-5,14-16,18,22,24-25,29-30,33,39-40,42H,6-13,17,19-20H2,1-2H3,(H,37,43). The second-order valence-electron chi connectivity index (χ2n) is 12.6. The van der Waals surface area contributed by atoms with E-state index in [0.29, 0.717) is 63.3 Å². The van der Waals surface area contributed by atoms with Gasteiger partial charge in [0.2, 0.25) is 11.8 Å². The lowest BCUT2D eigenvalue weighted by molar-refractivity contribution is -0.140. The van der Waals surface area contributed by atoms with Gasteiger partial charge in [0.1, 0.15) is 18.0 Å². The smallest absolute Gasteiger partial charge is 0.247 e. The van der Waals surface area contributed by atoms with Crippen molar-refractivity contribution in [3.63, 3.8) is 0 Å². The fraction of sp³-hybridized carbons (Fsp3) is 0.543. The summed E-state index contributed by atoms with van der Waals surface area (Å²) in [4.78, 5) is 29.3. The molecule has 250 valence electrons. The van der Waals surface area contributed by atoms with Gasteiger partial charge in [-0.2, -0.15) is 0 Å². The number of hydrogen-bond donors (Lipinski definition) is 4. The maximum Gasteiger partial charge on any atom is 0.247 e. The quantitative estimate of drug-likeness (QED) is 0.215. The number of carbonyl (C=O) groups is 2. The first-order valence-corrected chi connectivity index (χ1v) is 17.2. The van der Waals surface area contributed by atoms with Gasteiger partial charge >= 0.3 is 0 Å². The molecule has 11 heteroatoms. The molecule has 0 heterocycles. The lowest BCUT2D eigenvalue weighted by Crippen LogP contribution is -2.55. The number of aliphatic hydroxyl groups is 3. The molecule has 4 N–H and O–H groups in total. The Kier molecular flexibility index (Phi) is 11.8. The Morgan fingerprint density at radius 3 is 2.57 bits per heavy atom. The first-order valence-electron chi connectivity index (χ1n) is 16.1. The third kappa shape index (κ3) is 7.98. The van der Waals surface area contributed by atoms with Crippen molar-refractivity contribution in [1.82, 2.24) is 10.2 Å². The zero-order valence-corrected chi connectivity index (χ0v) is 28.6. The van der Waals surface area contributed by atoms with E-state index < -0.39 is 18.2 Å². The minimum Gasteiger partial charge on any atom is -0.497 e. The molecular formula is C35H45IN2O8. The van der Waals surface area contributed by atoms with Crippen molar-refractivity contribution in [2.24, 2.45) is 17.8 Å². The first-order chi connectivity index (χ1) is 22.2. The van der Waals surface area contributed by atoms with E-state index in [9.17, 15) is 24.9 Å². The van der Waals surface area contributed by atoms with Crippen LogP contribution in [0.1, 0.15) is 49.7 Å². The Morgan fingerprint density at radius 2 is 1.89 bits per heavy atom. The van der Waals surface area contributed by atoms with Crippen molar-refractivity contribution in [3.8, 4) is 17.2 Å². The number of nitrogens with zero attached hydrogens (tertiary/aromatic N) is 1. The SMILES string of the molecule is COc1cccc(CCN(C(=O)CC2CC3CCC2C3)C2CC(C(=O)NCCO)=CC(Oc3c(I)cc(CO)cc3OC)C2O)c1. The molecular weight excluding hydrogens is 703 g/mol. The average molecular weight is 749 g/mol. The highest BCUT2D eigenvalue weighted by molar-refractivity contribution is 14.1.